The van der Waals surface area contributed by atoms with Crippen molar-refractivity contribution in [2.24, 2.45) is 0 Å². The van der Waals surface area contributed by atoms with Crippen LogP contribution in [0.4, 0.5) is 0 Å². The Labute approximate surface area is 107 Å². The molecule has 18 heavy (non-hydrogen) atoms. The lowest BCUT2D eigenvalue weighted by Crippen LogP contribution is -2.40. The monoisotopic (exact) mass is 249 g/mol. The van der Waals surface area contributed by atoms with E-state index in [4.69, 9.17) is 0 Å². The highest BCUT2D eigenvalue weighted by atomic mass is 16.4. The molecule has 1 heterocycles. The molecule has 1 aromatic rings. The number of carbonyl (C=O) groups is 1. The molecule has 4 heteroatoms. The highest BCUT2D eigenvalue weighted by Gasteiger charge is 2.26. The van der Waals surface area contributed by atoms with Gasteiger partial charge in [0.15, 0.2) is 0 Å². The first kappa shape index (κ1) is 12.9. The van der Waals surface area contributed by atoms with E-state index in [2.05, 4.69) is 0 Å². The highest BCUT2D eigenvalue weighted by molar-refractivity contribution is 5.73. The quantitative estimate of drug-likeness (QED) is 0.862. The normalized spacial score (nSPS) is 21.4. The highest BCUT2D eigenvalue weighted by Crippen LogP contribution is 2.20. The second-order valence-corrected chi connectivity index (χ2v) is 4.84. The summed E-state index contributed by atoms with van der Waals surface area (Å²) in [6.07, 6.45) is 3.88. The first-order valence-corrected chi connectivity index (χ1v) is 6.41. The number of carboxylic acids is 1. The minimum atomic E-state index is -0.726. The Morgan fingerprint density at radius 3 is 2.61 bits per heavy atom. The van der Waals surface area contributed by atoms with Gasteiger partial charge >= 0.3 is 5.97 Å². The third-order valence-corrected chi connectivity index (χ3v) is 3.47. The van der Waals surface area contributed by atoms with E-state index in [-0.39, 0.29) is 11.8 Å². The van der Waals surface area contributed by atoms with Crippen molar-refractivity contribution < 1.29 is 15.0 Å². The molecule has 0 saturated carbocycles. The lowest BCUT2D eigenvalue weighted by molar-refractivity contribution is -0.143. The van der Waals surface area contributed by atoms with Crippen molar-refractivity contribution in [1.82, 2.24) is 4.90 Å². The number of likely N-dealkylation sites (tertiary alicyclic amines) is 1. The van der Waals surface area contributed by atoms with Crippen molar-refractivity contribution in [2.75, 3.05) is 6.54 Å². The largest absolute Gasteiger partial charge is 0.508 e. The molecule has 1 atom stereocenters. The van der Waals surface area contributed by atoms with Gasteiger partial charge in [-0.15, -0.1) is 0 Å². The molecule has 1 aliphatic heterocycles. The van der Waals surface area contributed by atoms with Gasteiger partial charge in [0, 0.05) is 6.54 Å². The molecule has 1 unspecified atom stereocenters. The minimum Gasteiger partial charge on any atom is -0.508 e. The summed E-state index contributed by atoms with van der Waals surface area (Å²) < 4.78 is 0. The van der Waals surface area contributed by atoms with Crippen LogP contribution >= 0.6 is 0 Å². The fraction of sp³-hybridized carbons (Fsp3) is 0.500. The molecule has 0 aromatic heterocycles. The molecule has 0 amide bonds. The van der Waals surface area contributed by atoms with E-state index in [0.717, 1.165) is 37.8 Å². The summed E-state index contributed by atoms with van der Waals surface area (Å²) in [6.45, 7) is 1.47. The first-order valence-electron chi connectivity index (χ1n) is 6.41. The molecule has 0 aliphatic carbocycles. The zero-order chi connectivity index (χ0) is 13.0. The standard InChI is InChI=1S/C14H19NO3/c16-12-7-5-11(6-8-12)10-15-9-3-1-2-4-13(15)14(17)18/h5-8,13,16H,1-4,9-10H2,(H,17,18). The van der Waals surface area contributed by atoms with Crippen molar-refractivity contribution in [3.8, 4) is 5.75 Å². The number of benzene rings is 1. The van der Waals surface area contributed by atoms with Crippen LogP contribution in [-0.2, 0) is 11.3 Å². The molecule has 4 nitrogen and oxygen atoms in total. The van der Waals surface area contributed by atoms with E-state index in [1.54, 1.807) is 12.1 Å². The number of aromatic hydroxyl groups is 1. The number of carboxylic acid groups (broad SMARTS) is 1. The van der Waals surface area contributed by atoms with Gasteiger partial charge in [-0.1, -0.05) is 25.0 Å². The number of hydrogen-bond acceptors (Lipinski definition) is 3. The fourth-order valence-corrected chi connectivity index (χ4v) is 2.47. The Morgan fingerprint density at radius 2 is 1.94 bits per heavy atom. The maximum absolute atomic E-state index is 11.3. The van der Waals surface area contributed by atoms with Crippen LogP contribution in [0.15, 0.2) is 24.3 Å². The van der Waals surface area contributed by atoms with Crippen LogP contribution in [0.5, 0.6) is 5.75 Å². The van der Waals surface area contributed by atoms with Crippen LogP contribution in [-0.4, -0.2) is 33.7 Å². The Kier molecular flexibility index (Phi) is 4.20. The molecule has 0 spiro atoms. The maximum atomic E-state index is 11.3. The van der Waals surface area contributed by atoms with Crippen molar-refractivity contribution in [3.05, 3.63) is 29.8 Å². The average molecular weight is 249 g/mol. The van der Waals surface area contributed by atoms with Gasteiger partial charge in [-0.3, -0.25) is 9.69 Å². The smallest absolute Gasteiger partial charge is 0.320 e. The summed E-state index contributed by atoms with van der Waals surface area (Å²) >= 11 is 0. The van der Waals surface area contributed by atoms with Crippen molar-refractivity contribution in [3.63, 3.8) is 0 Å². The predicted octanol–water partition coefficient (Wildman–Crippen LogP) is 2.22. The summed E-state index contributed by atoms with van der Waals surface area (Å²) in [5.41, 5.74) is 1.04. The first-order chi connectivity index (χ1) is 8.66. The third kappa shape index (κ3) is 3.23. The van der Waals surface area contributed by atoms with Gasteiger partial charge in [-0.2, -0.15) is 0 Å². The molecular formula is C14H19NO3. The van der Waals surface area contributed by atoms with Crippen molar-refractivity contribution >= 4 is 5.97 Å². The Balaban J connectivity index is 2.08. The number of phenolic OH excluding ortho intramolecular Hbond substituents is 1. The molecule has 1 saturated heterocycles. The molecule has 1 fully saturated rings. The molecule has 2 rings (SSSR count). The van der Waals surface area contributed by atoms with Gasteiger partial charge in [0.25, 0.3) is 0 Å². The van der Waals surface area contributed by atoms with E-state index in [9.17, 15) is 15.0 Å². The fourth-order valence-electron chi connectivity index (χ4n) is 2.47. The molecule has 0 radical (unpaired) electrons. The average Bonchev–Trinajstić information content (AvgIpc) is 2.57. The maximum Gasteiger partial charge on any atom is 0.320 e. The van der Waals surface area contributed by atoms with E-state index in [0.29, 0.717) is 6.54 Å². The predicted molar refractivity (Wildman–Crippen MR) is 68.4 cm³/mol. The summed E-state index contributed by atoms with van der Waals surface area (Å²) in [5.74, 6) is -0.486. The van der Waals surface area contributed by atoms with Gasteiger partial charge in [0.05, 0.1) is 0 Å². The van der Waals surface area contributed by atoms with Crippen LogP contribution < -0.4 is 0 Å². The number of phenols is 1. The molecule has 1 aliphatic rings. The summed E-state index contributed by atoms with van der Waals surface area (Å²) in [6, 6.07) is 6.60. The van der Waals surface area contributed by atoms with Crippen LogP contribution in [0.1, 0.15) is 31.2 Å². The zero-order valence-corrected chi connectivity index (χ0v) is 10.4. The van der Waals surface area contributed by atoms with Gasteiger partial charge in [-0.05, 0) is 37.1 Å². The Bertz CT molecular complexity index is 402. The van der Waals surface area contributed by atoms with Gasteiger partial charge in [-0.25, -0.2) is 0 Å². The number of rotatable bonds is 3. The van der Waals surface area contributed by atoms with Gasteiger partial charge < -0.3 is 10.2 Å². The molecule has 1 aromatic carbocycles. The van der Waals surface area contributed by atoms with E-state index < -0.39 is 5.97 Å². The number of hydrogen-bond donors (Lipinski definition) is 2. The SMILES string of the molecule is O=C(O)C1CCCCCN1Cc1ccc(O)cc1. The van der Waals surface area contributed by atoms with Crippen LogP contribution in [0.2, 0.25) is 0 Å². The van der Waals surface area contributed by atoms with Gasteiger partial charge in [0.1, 0.15) is 11.8 Å². The minimum absolute atomic E-state index is 0.240. The topological polar surface area (TPSA) is 60.8 Å². The molecule has 2 N–H and O–H groups in total. The number of aliphatic carboxylic acids is 1. The second kappa shape index (κ2) is 5.87. The van der Waals surface area contributed by atoms with E-state index >= 15 is 0 Å². The summed E-state index contributed by atoms with van der Waals surface area (Å²) in [5, 5.41) is 18.5. The lowest BCUT2D eigenvalue weighted by Gasteiger charge is -2.26. The Hall–Kier alpha value is -1.55. The van der Waals surface area contributed by atoms with Crippen LogP contribution in [0.3, 0.4) is 0 Å². The summed E-state index contributed by atoms with van der Waals surface area (Å²) in [7, 11) is 0. The number of nitrogens with zero attached hydrogens (tertiary/aromatic N) is 1. The van der Waals surface area contributed by atoms with E-state index in [1.165, 1.54) is 0 Å². The van der Waals surface area contributed by atoms with Crippen LogP contribution in [0, 0.1) is 0 Å². The lowest BCUT2D eigenvalue weighted by atomic mass is 10.1. The second-order valence-electron chi connectivity index (χ2n) is 4.84. The Morgan fingerprint density at radius 1 is 1.22 bits per heavy atom. The zero-order valence-electron chi connectivity index (χ0n) is 10.4. The van der Waals surface area contributed by atoms with Crippen LogP contribution in [0.25, 0.3) is 0 Å². The molecular weight excluding hydrogens is 230 g/mol. The third-order valence-electron chi connectivity index (χ3n) is 3.47. The van der Waals surface area contributed by atoms with E-state index in [1.807, 2.05) is 17.0 Å². The molecule has 0 bridgehead atoms. The van der Waals surface area contributed by atoms with Gasteiger partial charge in [0.2, 0.25) is 0 Å². The van der Waals surface area contributed by atoms with Crippen molar-refractivity contribution in [1.29, 1.82) is 0 Å². The van der Waals surface area contributed by atoms with Crippen molar-refractivity contribution in [2.45, 2.75) is 38.3 Å². The summed E-state index contributed by atoms with van der Waals surface area (Å²) in [4.78, 5) is 13.3. The molecule has 98 valence electrons.